The molecular formula is C13H18N2O2S. The molecule has 4 nitrogen and oxygen atoms in total. The number of thioether (sulfide) groups is 1. The zero-order valence-corrected chi connectivity index (χ0v) is 11.2. The topological polar surface area (TPSA) is 50.4 Å². The van der Waals surface area contributed by atoms with E-state index in [1.54, 1.807) is 18.9 Å². The Balaban J connectivity index is 1.75. The molecule has 0 saturated carbocycles. The Labute approximate surface area is 111 Å². The maximum atomic E-state index is 11.8. The first-order valence-corrected chi connectivity index (χ1v) is 6.99. The van der Waals surface area contributed by atoms with E-state index in [-0.39, 0.29) is 18.1 Å². The normalized spacial score (nSPS) is 22.9. The fourth-order valence-corrected chi connectivity index (χ4v) is 2.69. The second-order valence-corrected chi connectivity index (χ2v) is 5.26. The zero-order chi connectivity index (χ0) is 12.8. The maximum Gasteiger partial charge on any atom is 0.230 e. The predicted molar refractivity (Wildman–Crippen MR) is 72.8 cm³/mol. The molecule has 1 unspecified atom stereocenters. The van der Waals surface area contributed by atoms with Crippen molar-refractivity contribution in [3.63, 3.8) is 0 Å². The average molecular weight is 266 g/mol. The Morgan fingerprint density at radius 1 is 1.44 bits per heavy atom. The standard InChI is InChI=1S/C13H18N2O2S/c1-17-12-8-14-7-11(12)15-13(16)9-18-10-5-3-2-4-6-10/h2-6,11-12,14H,7-9H2,1H3,(H,15,16)/t11?,12-/m0/s1. The van der Waals surface area contributed by atoms with Crippen molar-refractivity contribution in [2.45, 2.75) is 17.0 Å². The minimum absolute atomic E-state index is 0.0552. The largest absolute Gasteiger partial charge is 0.378 e. The molecule has 18 heavy (non-hydrogen) atoms. The second kappa shape index (κ2) is 6.78. The number of amides is 1. The van der Waals surface area contributed by atoms with E-state index in [0.29, 0.717) is 5.75 Å². The lowest BCUT2D eigenvalue weighted by atomic mass is 10.2. The third-order valence-electron chi connectivity index (χ3n) is 2.92. The molecule has 1 amide bonds. The van der Waals surface area contributed by atoms with Crippen LogP contribution < -0.4 is 10.6 Å². The second-order valence-electron chi connectivity index (χ2n) is 4.21. The molecule has 2 rings (SSSR count). The first-order valence-electron chi connectivity index (χ1n) is 6.00. The van der Waals surface area contributed by atoms with Crippen molar-refractivity contribution >= 4 is 17.7 Å². The van der Waals surface area contributed by atoms with Gasteiger partial charge in [-0.2, -0.15) is 0 Å². The van der Waals surface area contributed by atoms with Crippen LogP contribution in [0.5, 0.6) is 0 Å². The number of hydrogen-bond acceptors (Lipinski definition) is 4. The van der Waals surface area contributed by atoms with Gasteiger partial charge in [-0.3, -0.25) is 4.79 Å². The lowest BCUT2D eigenvalue weighted by molar-refractivity contribution is -0.119. The van der Waals surface area contributed by atoms with Gasteiger partial charge in [-0.1, -0.05) is 18.2 Å². The highest BCUT2D eigenvalue weighted by molar-refractivity contribution is 8.00. The molecule has 1 aromatic carbocycles. The molecule has 1 aliphatic rings. The number of nitrogens with one attached hydrogen (secondary N) is 2. The first kappa shape index (κ1) is 13.4. The van der Waals surface area contributed by atoms with Crippen LogP contribution in [-0.4, -0.2) is 44.0 Å². The zero-order valence-electron chi connectivity index (χ0n) is 10.4. The fourth-order valence-electron chi connectivity index (χ4n) is 1.96. The van der Waals surface area contributed by atoms with Gasteiger partial charge in [0.05, 0.1) is 17.9 Å². The van der Waals surface area contributed by atoms with E-state index in [9.17, 15) is 4.79 Å². The van der Waals surface area contributed by atoms with Gasteiger partial charge in [-0.05, 0) is 12.1 Å². The van der Waals surface area contributed by atoms with E-state index in [1.165, 1.54) is 0 Å². The summed E-state index contributed by atoms with van der Waals surface area (Å²) < 4.78 is 5.30. The molecule has 1 fully saturated rings. The summed E-state index contributed by atoms with van der Waals surface area (Å²) >= 11 is 1.55. The molecule has 98 valence electrons. The molecule has 1 aromatic rings. The highest BCUT2D eigenvalue weighted by atomic mass is 32.2. The van der Waals surface area contributed by atoms with Crippen LogP contribution in [0, 0.1) is 0 Å². The van der Waals surface area contributed by atoms with E-state index in [2.05, 4.69) is 10.6 Å². The maximum absolute atomic E-state index is 11.8. The lowest BCUT2D eigenvalue weighted by Gasteiger charge is -2.18. The van der Waals surface area contributed by atoms with E-state index in [1.807, 2.05) is 30.3 Å². The summed E-state index contributed by atoms with van der Waals surface area (Å²) in [5, 5.41) is 6.21. The van der Waals surface area contributed by atoms with Gasteiger partial charge in [0.1, 0.15) is 0 Å². The molecule has 2 N–H and O–H groups in total. The number of benzene rings is 1. The van der Waals surface area contributed by atoms with Crippen molar-refractivity contribution in [1.82, 2.24) is 10.6 Å². The molecule has 0 aliphatic carbocycles. The van der Waals surface area contributed by atoms with Crippen LogP contribution in [0.25, 0.3) is 0 Å². The number of carbonyl (C=O) groups is 1. The Kier molecular flexibility index (Phi) is 5.04. The number of hydrogen-bond donors (Lipinski definition) is 2. The summed E-state index contributed by atoms with van der Waals surface area (Å²) in [5.74, 6) is 0.497. The summed E-state index contributed by atoms with van der Waals surface area (Å²) in [6.45, 7) is 1.58. The van der Waals surface area contributed by atoms with Gasteiger partial charge in [0.25, 0.3) is 0 Å². The molecule has 0 aromatic heterocycles. The van der Waals surface area contributed by atoms with Crippen LogP contribution in [0.15, 0.2) is 35.2 Å². The highest BCUT2D eigenvalue weighted by Crippen LogP contribution is 2.16. The van der Waals surface area contributed by atoms with Crippen LogP contribution in [0.2, 0.25) is 0 Å². The minimum Gasteiger partial charge on any atom is -0.378 e. The SMILES string of the molecule is CO[C@H]1CNCC1NC(=O)CSc1ccccc1. The third-order valence-corrected chi connectivity index (χ3v) is 3.93. The lowest BCUT2D eigenvalue weighted by Crippen LogP contribution is -2.44. The van der Waals surface area contributed by atoms with Crippen molar-refractivity contribution < 1.29 is 9.53 Å². The Hall–Kier alpha value is -1.04. The highest BCUT2D eigenvalue weighted by Gasteiger charge is 2.27. The van der Waals surface area contributed by atoms with E-state index in [0.717, 1.165) is 18.0 Å². The average Bonchev–Trinajstić information content (AvgIpc) is 2.85. The molecule has 5 heteroatoms. The van der Waals surface area contributed by atoms with Gasteiger partial charge >= 0.3 is 0 Å². The summed E-state index contributed by atoms with van der Waals surface area (Å²) in [6, 6.07) is 10.0. The number of rotatable bonds is 5. The van der Waals surface area contributed by atoms with Crippen LogP contribution >= 0.6 is 11.8 Å². The van der Waals surface area contributed by atoms with Gasteiger partial charge in [0, 0.05) is 25.1 Å². The van der Waals surface area contributed by atoms with Crippen molar-refractivity contribution in [2.24, 2.45) is 0 Å². The molecule has 0 radical (unpaired) electrons. The molecular weight excluding hydrogens is 248 g/mol. The Bertz CT molecular complexity index is 386. The van der Waals surface area contributed by atoms with Crippen molar-refractivity contribution in [1.29, 1.82) is 0 Å². The van der Waals surface area contributed by atoms with Crippen molar-refractivity contribution in [3.8, 4) is 0 Å². The summed E-state index contributed by atoms with van der Waals surface area (Å²) in [7, 11) is 1.68. The van der Waals surface area contributed by atoms with Crippen LogP contribution in [0.1, 0.15) is 0 Å². The van der Waals surface area contributed by atoms with Crippen LogP contribution in [0.4, 0.5) is 0 Å². The van der Waals surface area contributed by atoms with Gasteiger partial charge in [0.15, 0.2) is 0 Å². The van der Waals surface area contributed by atoms with Crippen molar-refractivity contribution in [2.75, 3.05) is 26.0 Å². The Morgan fingerprint density at radius 2 is 2.22 bits per heavy atom. The molecule has 1 heterocycles. The molecule has 0 bridgehead atoms. The summed E-state index contributed by atoms with van der Waals surface area (Å²) in [6.07, 6.45) is 0.0793. The summed E-state index contributed by atoms with van der Waals surface area (Å²) in [5.41, 5.74) is 0. The molecule has 1 aliphatic heterocycles. The van der Waals surface area contributed by atoms with Gasteiger partial charge < -0.3 is 15.4 Å². The van der Waals surface area contributed by atoms with Gasteiger partial charge in [0.2, 0.25) is 5.91 Å². The van der Waals surface area contributed by atoms with Crippen LogP contribution in [-0.2, 0) is 9.53 Å². The van der Waals surface area contributed by atoms with E-state index >= 15 is 0 Å². The van der Waals surface area contributed by atoms with Crippen molar-refractivity contribution in [3.05, 3.63) is 30.3 Å². The quantitative estimate of drug-likeness (QED) is 0.777. The monoisotopic (exact) mass is 266 g/mol. The minimum atomic E-state index is 0.0552. The Morgan fingerprint density at radius 3 is 2.94 bits per heavy atom. The third kappa shape index (κ3) is 3.73. The molecule has 2 atom stereocenters. The molecule has 0 spiro atoms. The van der Waals surface area contributed by atoms with E-state index in [4.69, 9.17) is 4.74 Å². The van der Waals surface area contributed by atoms with Crippen LogP contribution in [0.3, 0.4) is 0 Å². The van der Waals surface area contributed by atoms with Gasteiger partial charge in [-0.25, -0.2) is 0 Å². The first-order chi connectivity index (χ1) is 8.79. The molecule has 1 saturated heterocycles. The number of carbonyl (C=O) groups excluding carboxylic acids is 1. The van der Waals surface area contributed by atoms with E-state index < -0.39 is 0 Å². The smallest absolute Gasteiger partial charge is 0.230 e. The summed E-state index contributed by atoms with van der Waals surface area (Å²) in [4.78, 5) is 12.9. The van der Waals surface area contributed by atoms with Gasteiger partial charge in [-0.15, -0.1) is 11.8 Å². The fraction of sp³-hybridized carbons (Fsp3) is 0.462. The number of ether oxygens (including phenoxy) is 1. The number of methoxy groups -OCH3 is 1. The predicted octanol–water partition coefficient (Wildman–Crippen LogP) is 0.882.